The Bertz CT molecular complexity index is 463. The summed E-state index contributed by atoms with van der Waals surface area (Å²) < 4.78 is 10.7. The van der Waals surface area contributed by atoms with Gasteiger partial charge in [-0.3, -0.25) is 0 Å². The number of fused-ring (bicyclic) bond motifs is 1. The minimum absolute atomic E-state index is 0.171. The van der Waals surface area contributed by atoms with E-state index >= 15 is 0 Å². The van der Waals surface area contributed by atoms with E-state index in [2.05, 4.69) is 6.07 Å². The Morgan fingerprint density at radius 3 is 3.00 bits per heavy atom. The Morgan fingerprint density at radius 1 is 1.39 bits per heavy atom. The van der Waals surface area contributed by atoms with Crippen LogP contribution in [0.15, 0.2) is 24.3 Å². The van der Waals surface area contributed by atoms with Gasteiger partial charge in [-0.1, -0.05) is 18.2 Å². The first-order chi connectivity index (χ1) is 8.78. The molecule has 2 N–H and O–H groups in total. The SMILES string of the molecule is NCC1CN(CC2COc3ccccc32)C(=O)O1. The van der Waals surface area contributed by atoms with E-state index < -0.39 is 0 Å². The molecule has 3 rings (SSSR count). The topological polar surface area (TPSA) is 64.8 Å². The lowest BCUT2D eigenvalue weighted by Crippen LogP contribution is -2.31. The largest absolute Gasteiger partial charge is 0.493 e. The Balaban J connectivity index is 1.70. The zero-order valence-electron chi connectivity index (χ0n) is 10.0. The average Bonchev–Trinajstić information content (AvgIpc) is 2.95. The molecule has 2 aliphatic rings. The molecular weight excluding hydrogens is 232 g/mol. The molecule has 0 radical (unpaired) electrons. The lowest BCUT2D eigenvalue weighted by atomic mass is 10.0. The minimum atomic E-state index is -0.269. The Labute approximate surface area is 105 Å². The van der Waals surface area contributed by atoms with Crippen molar-refractivity contribution in [2.75, 3.05) is 26.2 Å². The number of carbonyl (C=O) groups excluding carboxylic acids is 1. The number of para-hydroxylation sites is 1. The number of cyclic esters (lactones) is 1. The van der Waals surface area contributed by atoms with Crippen LogP contribution in [0.2, 0.25) is 0 Å². The number of benzene rings is 1. The minimum Gasteiger partial charge on any atom is -0.493 e. The number of rotatable bonds is 3. The number of hydrogen-bond donors (Lipinski definition) is 1. The van der Waals surface area contributed by atoms with E-state index in [-0.39, 0.29) is 18.1 Å². The van der Waals surface area contributed by atoms with E-state index in [9.17, 15) is 4.79 Å². The van der Waals surface area contributed by atoms with Gasteiger partial charge in [-0.05, 0) is 6.07 Å². The summed E-state index contributed by atoms with van der Waals surface area (Å²) in [6, 6.07) is 7.95. The third-order valence-electron chi connectivity index (χ3n) is 3.45. The lowest BCUT2D eigenvalue weighted by molar-refractivity contribution is 0.134. The maximum Gasteiger partial charge on any atom is 0.410 e. The molecule has 2 aliphatic heterocycles. The molecule has 1 fully saturated rings. The molecular formula is C13H16N2O3. The number of nitrogens with two attached hydrogens (primary N) is 1. The molecule has 5 heteroatoms. The van der Waals surface area contributed by atoms with Crippen molar-refractivity contribution in [2.45, 2.75) is 12.0 Å². The van der Waals surface area contributed by atoms with Crippen molar-refractivity contribution >= 4 is 6.09 Å². The average molecular weight is 248 g/mol. The summed E-state index contributed by atoms with van der Waals surface area (Å²) in [5.41, 5.74) is 6.68. The molecule has 0 bridgehead atoms. The van der Waals surface area contributed by atoms with Crippen LogP contribution >= 0.6 is 0 Å². The third-order valence-corrected chi connectivity index (χ3v) is 3.45. The van der Waals surface area contributed by atoms with Gasteiger partial charge in [0, 0.05) is 24.6 Å². The van der Waals surface area contributed by atoms with Crippen LogP contribution in [-0.2, 0) is 4.74 Å². The van der Waals surface area contributed by atoms with Crippen LogP contribution in [0.3, 0.4) is 0 Å². The predicted octanol–water partition coefficient (Wildman–Crippen LogP) is 0.942. The van der Waals surface area contributed by atoms with Crippen LogP contribution in [0.25, 0.3) is 0 Å². The lowest BCUT2D eigenvalue weighted by Gasteiger charge is -2.17. The summed E-state index contributed by atoms with van der Waals surface area (Å²) in [7, 11) is 0. The van der Waals surface area contributed by atoms with Gasteiger partial charge in [-0.15, -0.1) is 0 Å². The smallest absolute Gasteiger partial charge is 0.410 e. The van der Waals surface area contributed by atoms with Crippen molar-refractivity contribution in [2.24, 2.45) is 5.73 Å². The molecule has 5 nitrogen and oxygen atoms in total. The normalized spacial score (nSPS) is 25.8. The maximum atomic E-state index is 11.7. The summed E-state index contributed by atoms with van der Waals surface area (Å²) >= 11 is 0. The summed E-state index contributed by atoms with van der Waals surface area (Å²) in [6.45, 7) is 2.21. The van der Waals surface area contributed by atoms with Crippen LogP contribution < -0.4 is 10.5 Å². The molecule has 0 aliphatic carbocycles. The van der Waals surface area contributed by atoms with Crippen LogP contribution in [0.5, 0.6) is 5.75 Å². The Morgan fingerprint density at radius 2 is 2.22 bits per heavy atom. The molecule has 1 saturated heterocycles. The van der Waals surface area contributed by atoms with E-state index in [1.165, 1.54) is 5.56 Å². The van der Waals surface area contributed by atoms with Gasteiger partial charge in [0.25, 0.3) is 0 Å². The fraction of sp³-hybridized carbons (Fsp3) is 0.462. The van der Waals surface area contributed by atoms with E-state index in [0.29, 0.717) is 26.2 Å². The monoisotopic (exact) mass is 248 g/mol. The van der Waals surface area contributed by atoms with Gasteiger partial charge in [0.15, 0.2) is 0 Å². The fourth-order valence-electron chi connectivity index (χ4n) is 2.49. The highest BCUT2D eigenvalue weighted by Crippen LogP contribution is 2.34. The van der Waals surface area contributed by atoms with Gasteiger partial charge in [-0.2, -0.15) is 0 Å². The first kappa shape index (κ1) is 11.3. The summed E-state index contributed by atoms with van der Waals surface area (Å²) in [6.07, 6.45) is -0.440. The summed E-state index contributed by atoms with van der Waals surface area (Å²) in [5.74, 6) is 1.15. The van der Waals surface area contributed by atoms with Crippen molar-refractivity contribution in [3.8, 4) is 5.75 Å². The van der Waals surface area contributed by atoms with Crippen LogP contribution in [0.1, 0.15) is 11.5 Å². The first-order valence-electron chi connectivity index (χ1n) is 6.15. The molecule has 2 heterocycles. The van der Waals surface area contributed by atoms with Gasteiger partial charge >= 0.3 is 6.09 Å². The highest BCUT2D eigenvalue weighted by molar-refractivity contribution is 5.70. The van der Waals surface area contributed by atoms with Crippen molar-refractivity contribution in [3.05, 3.63) is 29.8 Å². The molecule has 0 spiro atoms. The fourth-order valence-corrected chi connectivity index (χ4v) is 2.49. The second-order valence-corrected chi connectivity index (χ2v) is 4.69. The van der Waals surface area contributed by atoms with E-state index in [1.807, 2.05) is 18.2 Å². The zero-order chi connectivity index (χ0) is 12.5. The predicted molar refractivity (Wildman–Crippen MR) is 65.6 cm³/mol. The zero-order valence-corrected chi connectivity index (χ0v) is 10.0. The van der Waals surface area contributed by atoms with Crippen LogP contribution in [0, 0.1) is 0 Å². The van der Waals surface area contributed by atoms with Crippen LogP contribution in [0.4, 0.5) is 4.79 Å². The summed E-state index contributed by atoms with van der Waals surface area (Å²) in [5, 5.41) is 0. The number of nitrogens with zero attached hydrogens (tertiary/aromatic N) is 1. The quantitative estimate of drug-likeness (QED) is 0.864. The van der Waals surface area contributed by atoms with Gasteiger partial charge in [0.1, 0.15) is 11.9 Å². The molecule has 2 atom stereocenters. The summed E-state index contributed by atoms with van der Waals surface area (Å²) in [4.78, 5) is 13.4. The van der Waals surface area contributed by atoms with Gasteiger partial charge in [0.05, 0.1) is 13.2 Å². The molecule has 96 valence electrons. The number of amides is 1. The maximum absolute atomic E-state index is 11.7. The molecule has 0 saturated carbocycles. The molecule has 1 aromatic carbocycles. The van der Waals surface area contributed by atoms with Crippen molar-refractivity contribution in [1.82, 2.24) is 4.90 Å². The van der Waals surface area contributed by atoms with E-state index in [0.717, 1.165) is 5.75 Å². The first-order valence-corrected chi connectivity index (χ1v) is 6.15. The van der Waals surface area contributed by atoms with Gasteiger partial charge in [0.2, 0.25) is 0 Å². The Kier molecular flexibility index (Phi) is 2.83. The Hall–Kier alpha value is -1.75. The van der Waals surface area contributed by atoms with Crippen molar-refractivity contribution in [1.29, 1.82) is 0 Å². The van der Waals surface area contributed by atoms with E-state index in [4.69, 9.17) is 15.2 Å². The van der Waals surface area contributed by atoms with E-state index in [1.54, 1.807) is 4.90 Å². The second-order valence-electron chi connectivity index (χ2n) is 4.69. The number of carbonyl (C=O) groups is 1. The van der Waals surface area contributed by atoms with Gasteiger partial charge in [-0.25, -0.2) is 4.79 Å². The highest BCUT2D eigenvalue weighted by atomic mass is 16.6. The van der Waals surface area contributed by atoms with Crippen molar-refractivity contribution < 1.29 is 14.3 Å². The molecule has 0 aromatic heterocycles. The highest BCUT2D eigenvalue weighted by Gasteiger charge is 2.34. The number of ether oxygens (including phenoxy) is 2. The number of hydrogen-bond acceptors (Lipinski definition) is 4. The van der Waals surface area contributed by atoms with Crippen LogP contribution in [-0.4, -0.2) is 43.3 Å². The second kappa shape index (κ2) is 4.49. The standard InChI is InChI=1S/C13H16N2O3/c14-5-10-7-15(13(16)18-10)6-9-8-17-12-4-2-1-3-11(9)12/h1-4,9-10H,5-8,14H2. The molecule has 1 aromatic rings. The van der Waals surface area contributed by atoms with Crippen molar-refractivity contribution in [3.63, 3.8) is 0 Å². The molecule has 18 heavy (non-hydrogen) atoms. The molecule has 1 amide bonds. The molecule has 2 unspecified atom stereocenters. The third kappa shape index (κ3) is 1.90. The van der Waals surface area contributed by atoms with Gasteiger partial charge < -0.3 is 20.1 Å².